The van der Waals surface area contributed by atoms with E-state index < -0.39 is 0 Å². The van der Waals surface area contributed by atoms with Crippen molar-refractivity contribution in [2.75, 3.05) is 13.6 Å². The van der Waals surface area contributed by atoms with E-state index in [0.29, 0.717) is 0 Å². The van der Waals surface area contributed by atoms with Gasteiger partial charge < -0.3 is 9.88 Å². The average molecular weight is 333 g/mol. The number of amides is 1. The van der Waals surface area contributed by atoms with E-state index in [4.69, 9.17) is 0 Å². The molecule has 0 saturated heterocycles. The van der Waals surface area contributed by atoms with Gasteiger partial charge in [-0.15, -0.1) is 0 Å². The minimum Gasteiger partial charge on any atom is -0.358 e. The first-order chi connectivity index (χ1) is 12.2. The molecule has 0 aliphatic heterocycles. The molecule has 128 valence electrons. The molecule has 0 saturated carbocycles. The Bertz CT molecular complexity index is 885. The third-order valence-electron chi connectivity index (χ3n) is 5.31. The quantitative estimate of drug-likeness (QED) is 0.796. The fourth-order valence-corrected chi connectivity index (χ4v) is 3.85. The number of carbonyl (C=O) groups excluding carboxylic acids is 1. The molecule has 2 heterocycles. The van der Waals surface area contributed by atoms with Gasteiger partial charge in [0.05, 0.1) is 0 Å². The average Bonchev–Trinajstić information content (AvgIpc) is 3.04. The highest BCUT2D eigenvalue weighted by Gasteiger charge is 2.29. The first-order valence-electron chi connectivity index (χ1n) is 8.94. The number of H-pyrrole nitrogens is 1. The number of nitrogens with one attached hydrogen (secondary N) is 1. The van der Waals surface area contributed by atoms with Gasteiger partial charge >= 0.3 is 0 Å². The van der Waals surface area contributed by atoms with E-state index in [-0.39, 0.29) is 11.8 Å². The summed E-state index contributed by atoms with van der Waals surface area (Å²) < 4.78 is 0. The van der Waals surface area contributed by atoms with Gasteiger partial charge in [-0.3, -0.25) is 9.78 Å². The Morgan fingerprint density at radius 2 is 2.04 bits per heavy atom. The van der Waals surface area contributed by atoms with Crippen LogP contribution in [0, 0.1) is 5.92 Å². The molecule has 25 heavy (non-hydrogen) atoms. The maximum Gasteiger partial charge on any atom is 0.225 e. The van der Waals surface area contributed by atoms with Crippen molar-refractivity contribution in [1.82, 2.24) is 14.9 Å². The summed E-state index contributed by atoms with van der Waals surface area (Å²) in [5.74, 6) is 0.360. The zero-order valence-corrected chi connectivity index (χ0v) is 14.5. The van der Waals surface area contributed by atoms with Gasteiger partial charge in [-0.25, -0.2) is 0 Å². The second kappa shape index (κ2) is 6.71. The lowest BCUT2D eigenvalue weighted by molar-refractivity contribution is -0.134. The van der Waals surface area contributed by atoms with Gasteiger partial charge in [0.1, 0.15) is 0 Å². The molecule has 0 radical (unpaired) electrons. The summed E-state index contributed by atoms with van der Waals surface area (Å²) in [5.41, 5.74) is 5.05. The molecule has 3 aromatic rings. The lowest BCUT2D eigenvalue weighted by Gasteiger charge is -2.27. The summed E-state index contributed by atoms with van der Waals surface area (Å²) in [6, 6.07) is 12.4. The highest BCUT2D eigenvalue weighted by molar-refractivity contribution is 5.87. The van der Waals surface area contributed by atoms with Crippen LogP contribution in [0.25, 0.3) is 10.9 Å². The summed E-state index contributed by atoms with van der Waals surface area (Å²) in [5, 5.41) is 1.27. The van der Waals surface area contributed by atoms with E-state index in [1.807, 2.05) is 24.1 Å². The molecular formula is C21H23N3O. The summed E-state index contributed by atoms with van der Waals surface area (Å²) >= 11 is 0. The van der Waals surface area contributed by atoms with Crippen LogP contribution in [0.5, 0.6) is 0 Å². The highest BCUT2D eigenvalue weighted by Crippen LogP contribution is 2.32. The Balaban J connectivity index is 1.44. The van der Waals surface area contributed by atoms with Gasteiger partial charge in [0, 0.05) is 48.5 Å². The Hall–Kier alpha value is -2.62. The van der Waals surface area contributed by atoms with Crippen molar-refractivity contribution in [2.45, 2.75) is 25.7 Å². The zero-order chi connectivity index (χ0) is 17.2. The number of para-hydroxylation sites is 1. The number of carbonyl (C=O) groups is 1. The molecule has 4 nitrogen and oxygen atoms in total. The molecule has 2 aromatic heterocycles. The molecule has 0 spiro atoms. The number of fused-ring (bicyclic) bond motifs is 3. The summed E-state index contributed by atoms with van der Waals surface area (Å²) in [4.78, 5) is 22.3. The second-order valence-electron chi connectivity index (χ2n) is 6.93. The van der Waals surface area contributed by atoms with Crippen LogP contribution < -0.4 is 0 Å². The third kappa shape index (κ3) is 3.16. The van der Waals surface area contributed by atoms with Crippen molar-refractivity contribution in [1.29, 1.82) is 0 Å². The first kappa shape index (κ1) is 15.9. The first-order valence-corrected chi connectivity index (χ1v) is 8.94. The van der Waals surface area contributed by atoms with Crippen molar-refractivity contribution in [3.05, 3.63) is 65.6 Å². The fraction of sp³-hybridized carbons (Fsp3) is 0.333. The number of hydrogen-bond donors (Lipinski definition) is 1. The van der Waals surface area contributed by atoms with Crippen LogP contribution in [0.15, 0.2) is 48.8 Å². The Kier molecular flexibility index (Phi) is 4.26. The van der Waals surface area contributed by atoms with Gasteiger partial charge in [-0.2, -0.15) is 0 Å². The summed E-state index contributed by atoms with van der Waals surface area (Å²) in [7, 11) is 1.92. The van der Waals surface area contributed by atoms with Crippen LogP contribution in [0.3, 0.4) is 0 Å². The van der Waals surface area contributed by atoms with Crippen molar-refractivity contribution in [3.63, 3.8) is 0 Å². The number of nitrogens with zero attached hydrogens (tertiary/aromatic N) is 2. The molecular weight excluding hydrogens is 310 g/mol. The molecule has 4 rings (SSSR count). The third-order valence-corrected chi connectivity index (χ3v) is 5.31. The Morgan fingerprint density at radius 3 is 2.88 bits per heavy atom. The van der Waals surface area contributed by atoms with Crippen LogP contribution in [0.1, 0.15) is 23.2 Å². The number of aromatic nitrogens is 2. The number of benzene rings is 1. The number of hydrogen-bond acceptors (Lipinski definition) is 2. The second-order valence-corrected chi connectivity index (χ2v) is 6.93. The molecule has 1 aliphatic rings. The minimum atomic E-state index is 0.0918. The van der Waals surface area contributed by atoms with Gasteiger partial charge in [-0.05, 0) is 55.0 Å². The minimum absolute atomic E-state index is 0.0918. The molecule has 1 N–H and O–H groups in total. The van der Waals surface area contributed by atoms with Gasteiger partial charge in [0.15, 0.2) is 0 Å². The highest BCUT2D eigenvalue weighted by atomic mass is 16.2. The molecule has 0 bridgehead atoms. The molecule has 1 unspecified atom stereocenters. The van der Waals surface area contributed by atoms with Crippen LogP contribution in [-0.2, 0) is 24.1 Å². The number of likely N-dealkylation sites (N-methyl/N-ethyl adjacent to an activating group) is 1. The van der Waals surface area contributed by atoms with E-state index in [1.54, 1.807) is 12.4 Å². The fourth-order valence-electron chi connectivity index (χ4n) is 3.85. The summed E-state index contributed by atoms with van der Waals surface area (Å²) in [6.45, 7) is 0.750. The molecule has 1 aromatic carbocycles. The van der Waals surface area contributed by atoms with Crippen LogP contribution >= 0.6 is 0 Å². The lowest BCUT2D eigenvalue weighted by Crippen LogP contribution is -2.36. The van der Waals surface area contributed by atoms with Crippen molar-refractivity contribution >= 4 is 16.8 Å². The van der Waals surface area contributed by atoms with E-state index in [2.05, 4.69) is 34.2 Å². The Morgan fingerprint density at radius 1 is 1.24 bits per heavy atom. The molecule has 1 atom stereocenters. The largest absolute Gasteiger partial charge is 0.358 e. The number of pyridine rings is 1. The van der Waals surface area contributed by atoms with E-state index in [0.717, 1.165) is 32.2 Å². The maximum atomic E-state index is 12.9. The van der Waals surface area contributed by atoms with E-state index in [1.165, 1.54) is 27.7 Å². The van der Waals surface area contributed by atoms with Crippen molar-refractivity contribution < 1.29 is 4.79 Å². The predicted octanol–water partition coefficient (Wildman–Crippen LogP) is 3.37. The predicted molar refractivity (Wildman–Crippen MR) is 99.4 cm³/mol. The maximum absolute atomic E-state index is 12.9. The van der Waals surface area contributed by atoms with E-state index in [9.17, 15) is 4.79 Å². The smallest absolute Gasteiger partial charge is 0.225 e. The van der Waals surface area contributed by atoms with Gasteiger partial charge in [0.25, 0.3) is 0 Å². The Labute approximate surface area is 147 Å². The molecule has 1 aliphatic carbocycles. The van der Waals surface area contributed by atoms with Gasteiger partial charge in [-0.1, -0.05) is 18.2 Å². The van der Waals surface area contributed by atoms with Crippen LogP contribution in [0.4, 0.5) is 0 Å². The van der Waals surface area contributed by atoms with Crippen LogP contribution in [0.2, 0.25) is 0 Å². The number of rotatable bonds is 4. The topological polar surface area (TPSA) is 49.0 Å². The number of aryl methyl sites for hydroxylation is 1. The normalized spacial score (nSPS) is 16.6. The molecule has 4 heteroatoms. The summed E-state index contributed by atoms with van der Waals surface area (Å²) in [6.07, 6.45) is 7.21. The molecule has 0 fully saturated rings. The zero-order valence-electron chi connectivity index (χ0n) is 14.5. The number of aromatic amines is 1. The van der Waals surface area contributed by atoms with Crippen molar-refractivity contribution in [2.24, 2.45) is 5.92 Å². The van der Waals surface area contributed by atoms with Gasteiger partial charge in [0.2, 0.25) is 5.91 Å². The SMILES string of the molecule is CN(CCc1ccncc1)C(=O)C1CCc2[nH]c3ccccc3c2C1. The van der Waals surface area contributed by atoms with E-state index >= 15 is 0 Å². The molecule has 1 amide bonds. The lowest BCUT2D eigenvalue weighted by atomic mass is 9.85. The monoisotopic (exact) mass is 333 g/mol. The van der Waals surface area contributed by atoms with Crippen molar-refractivity contribution in [3.8, 4) is 0 Å². The van der Waals surface area contributed by atoms with Crippen LogP contribution in [-0.4, -0.2) is 34.4 Å². The standard InChI is InChI=1S/C21H23N3O/c1-24(13-10-15-8-11-22-12-9-15)21(25)16-6-7-20-18(14-16)17-4-2-3-5-19(17)23-20/h2-5,8-9,11-12,16,23H,6-7,10,13-14H2,1H3.